The van der Waals surface area contributed by atoms with Gasteiger partial charge in [-0.15, -0.1) is 0 Å². The van der Waals surface area contributed by atoms with E-state index in [4.69, 9.17) is 14.2 Å². The predicted molar refractivity (Wildman–Crippen MR) is 151 cm³/mol. The van der Waals surface area contributed by atoms with Gasteiger partial charge < -0.3 is 19.5 Å². The minimum Gasteiger partial charge on any atom is -0.494 e. The van der Waals surface area contributed by atoms with Gasteiger partial charge in [0.15, 0.2) is 16.7 Å². The molecular weight excluding hydrogens is 521 g/mol. The van der Waals surface area contributed by atoms with Gasteiger partial charge in [0.1, 0.15) is 22.5 Å². The van der Waals surface area contributed by atoms with Gasteiger partial charge in [0.2, 0.25) is 11.8 Å². The molecule has 1 atom stereocenters. The smallest absolute Gasteiger partial charge is 0.238 e. The Balaban J connectivity index is 1.53. The quantitative estimate of drug-likeness (QED) is 0.361. The molecule has 0 aliphatic carbocycles. The van der Waals surface area contributed by atoms with Crippen molar-refractivity contribution in [3.63, 3.8) is 0 Å². The number of anilines is 1. The number of carbonyl (C=O) groups excluding carboxylic acids is 2. The third-order valence-electron chi connectivity index (χ3n) is 6.01. The minimum absolute atomic E-state index is 0.0181. The van der Waals surface area contributed by atoms with Crippen LogP contribution >= 0.6 is 11.8 Å². The van der Waals surface area contributed by atoms with Crippen LogP contribution in [0.5, 0.6) is 17.2 Å². The lowest BCUT2D eigenvalue weighted by Gasteiger charge is -2.32. The normalized spacial score (nSPS) is 16.2. The number of rotatable bonds is 10. The van der Waals surface area contributed by atoms with E-state index >= 15 is 0 Å². The molecule has 0 bridgehead atoms. The number of nitrogens with zero attached hydrogens (tertiary/aromatic N) is 2. The predicted octanol–water partition coefficient (Wildman–Crippen LogP) is 5.44. The Morgan fingerprint density at radius 3 is 2.51 bits per heavy atom. The summed E-state index contributed by atoms with van der Waals surface area (Å²) in [6.45, 7) is 2.73. The summed E-state index contributed by atoms with van der Waals surface area (Å²) in [6, 6.07) is 18.6. The highest BCUT2D eigenvalue weighted by Crippen LogP contribution is 2.32. The number of nitrogens with one attached hydrogen (secondary N) is 1. The summed E-state index contributed by atoms with van der Waals surface area (Å²) >= 11 is 1.14. The van der Waals surface area contributed by atoms with Crippen LogP contribution in [-0.4, -0.2) is 54.5 Å². The van der Waals surface area contributed by atoms with Crippen LogP contribution in [0.2, 0.25) is 0 Å². The summed E-state index contributed by atoms with van der Waals surface area (Å²) in [5.41, 5.74) is 1.60. The van der Waals surface area contributed by atoms with E-state index in [0.29, 0.717) is 42.5 Å². The van der Waals surface area contributed by atoms with Crippen molar-refractivity contribution in [2.24, 2.45) is 4.99 Å². The van der Waals surface area contributed by atoms with Crippen molar-refractivity contribution in [2.75, 3.05) is 32.7 Å². The number of methoxy groups -OCH3 is 2. The highest BCUT2D eigenvalue weighted by atomic mass is 32.2. The third kappa shape index (κ3) is 7.08. The molecule has 1 aliphatic heterocycles. The monoisotopic (exact) mass is 551 g/mol. The molecule has 1 unspecified atom stereocenters. The number of thioether (sulfide) groups is 1. The van der Waals surface area contributed by atoms with Gasteiger partial charge in [0.25, 0.3) is 0 Å². The van der Waals surface area contributed by atoms with Crippen LogP contribution < -0.4 is 19.5 Å². The highest BCUT2D eigenvalue weighted by Gasteiger charge is 2.36. The number of hydrogen-bond donors (Lipinski definition) is 1. The van der Waals surface area contributed by atoms with Gasteiger partial charge >= 0.3 is 0 Å². The Morgan fingerprint density at radius 1 is 1.08 bits per heavy atom. The van der Waals surface area contributed by atoms with Crippen LogP contribution in [0, 0.1) is 5.82 Å². The number of ether oxygens (including phenoxy) is 3. The SMILES string of the molecule is CCOc1ccc(NC(=O)C2CC(=O)N(CCc3ccc(OC)c(OC)c3)C(=Nc3ccccc3F)S2)cc1. The fourth-order valence-corrected chi connectivity index (χ4v) is 5.13. The lowest BCUT2D eigenvalue weighted by Crippen LogP contribution is -2.46. The Bertz CT molecular complexity index is 1350. The molecule has 0 radical (unpaired) electrons. The number of halogens is 1. The zero-order valence-corrected chi connectivity index (χ0v) is 22.8. The number of para-hydroxylation sites is 1. The molecular formula is C29H30FN3O5S. The standard InChI is InChI=1S/C29H30FN3O5S/c1-4-38-21-12-10-20(11-13-21)31-28(35)26-18-27(34)33(29(39-26)32-23-8-6-5-7-22(23)30)16-15-19-9-14-24(36-2)25(17-19)37-3/h5-14,17,26H,4,15-16,18H2,1-3H3,(H,31,35). The van der Waals surface area contributed by atoms with E-state index in [0.717, 1.165) is 17.3 Å². The molecule has 1 N–H and O–H groups in total. The second-order valence-electron chi connectivity index (χ2n) is 8.59. The van der Waals surface area contributed by atoms with Crippen molar-refractivity contribution < 1.29 is 28.2 Å². The molecule has 1 saturated heterocycles. The molecule has 4 rings (SSSR count). The Labute approximate surface area is 231 Å². The van der Waals surface area contributed by atoms with Gasteiger partial charge in [-0.1, -0.05) is 30.0 Å². The second kappa shape index (κ2) is 13.1. The molecule has 0 spiro atoms. The number of amides is 2. The first-order valence-electron chi connectivity index (χ1n) is 12.5. The molecule has 204 valence electrons. The largest absolute Gasteiger partial charge is 0.494 e. The van der Waals surface area contributed by atoms with E-state index in [1.54, 1.807) is 56.7 Å². The number of hydrogen-bond acceptors (Lipinski definition) is 7. The number of amidine groups is 1. The van der Waals surface area contributed by atoms with Crippen molar-refractivity contribution in [2.45, 2.75) is 25.0 Å². The van der Waals surface area contributed by atoms with Gasteiger partial charge in [0, 0.05) is 18.7 Å². The first-order chi connectivity index (χ1) is 18.9. The molecule has 3 aromatic carbocycles. The first-order valence-corrected chi connectivity index (χ1v) is 13.3. The lowest BCUT2D eigenvalue weighted by atomic mass is 10.1. The average Bonchev–Trinajstić information content (AvgIpc) is 2.94. The average molecular weight is 552 g/mol. The van der Waals surface area contributed by atoms with E-state index in [9.17, 15) is 14.0 Å². The molecule has 2 amide bonds. The first kappa shape index (κ1) is 28.0. The van der Waals surface area contributed by atoms with Crippen molar-refractivity contribution in [1.82, 2.24) is 4.90 Å². The molecule has 3 aromatic rings. The molecule has 8 nitrogen and oxygen atoms in total. The molecule has 0 aromatic heterocycles. The van der Waals surface area contributed by atoms with Crippen LogP contribution in [0.3, 0.4) is 0 Å². The van der Waals surface area contributed by atoms with Gasteiger partial charge in [-0.05, 0) is 67.4 Å². The van der Waals surface area contributed by atoms with Crippen LogP contribution in [0.4, 0.5) is 15.8 Å². The van der Waals surface area contributed by atoms with E-state index in [2.05, 4.69) is 10.3 Å². The highest BCUT2D eigenvalue weighted by molar-refractivity contribution is 8.15. The zero-order chi connectivity index (χ0) is 27.8. The molecule has 10 heteroatoms. The van der Waals surface area contributed by atoms with E-state index in [1.165, 1.54) is 17.0 Å². The fourth-order valence-electron chi connectivity index (χ4n) is 4.01. The molecule has 1 fully saturated rings. The minimum atomic E-state index is -0.730. The number of aliphatic imine (C=N–C) groups is 1. The third-order valence-corrected chi connectivity index (χ3v) is 7.19. The number of carbonyl (C=O) groups is 2. The topological polar surface area (TPSA) is 89.5 Å². The van der Waals surface area contributed by atoms with Gasteiger partial charge in [-0.25, -0.2) is 9.38 Å². The van der Waals surface area contributed by atoms with Crippen molar-refractivity contribution >= 4 is 40.1 Å². The zero-order valence-electron chi connectivity index (χ0n) is 22.0. The van der Waals surface area contributed by atoms with Crippen LogP contribution in [-0.2, 0) is 16.0 Å². The summed E-state index contributed by atoms with van der Waals surface area (Å²) in [4.78, 5) is 32.4. The maximum Gasteiger partial charge on any atom is 0.238 e. The van der Waals surface area contributed by atoms with Gasteiger partial charge in [-0.2, -0.15) is 0 Å². The van der Waals surface area contributed by atoms with E-state index in [1.807, 2.05) is 19.1 Å². The summed E-state index contributed by atoms with van der Waals surface area (Å²) in [5.74, 6) is 0.769. The van der Waals surface area contributed by atoms with E-state index in [-0.39, 0.29) is 29.1 Å². The maximum absolute atomic E-state index is 14.5. The fraction of sp³-hybridized carbons (Fsp3) is 0.276. The molecule has 1 heterocycles. The van der Waals surface area contributed by atoms with Gasteiger partial charge in [0.05, 0.1) is 20.8 Å². The summed E-state index contributed by atoms with van der Waals surface area (Å²) < 4.78 is 30.6. The Kier molecular flexibility index (Phi) is 9.43. The Hall–Kier alpha value is -4.05. The summed E-state index contributed by atoms with van der Waals surface area (Å²) in [5, 5.41) is 2.39. The lowest BCUT2D eigenvalue weighted by molar-refractivity contribution is -0.129. The van der Waals surface area contributed by atoms with Crippen LogP contribution in [0.15, 0.2) is 71.7 Å². The second-order valence-corrected chi connectivity index (χ2v) is 9.76. The van der Waals surface area contributed by atoms with Crippen LogP contribution in [0.25, 0.3) is 0 Å². The van der Waals surface area contributed by atoms with Crippen molar-refractivity contribution in [3.05, 3.63) is 78.1 Å². The maximum atomic E-state index is 14.5. The molecule has 0 saturated carbocycles. The summed E-state index contributed by atoms with van der Waals surface area (Å²) in [6.07, 6.45) is 0.474. The molecule has 39 heavy (non-hydrogen) atoms. The Morgan fingerprint density at radius 2 is 1.82 bits per heavy atom. The van der Waals surface area contributed by atoms with Gasteiger partial charge in [-0.3, -0.25) is 14.5 Å². The van der Waals surface area contributed by atoms with Crippen molar-refractivity contribution in [1.29, 1.82) is 0 Å². The van der Waals surface area contributed by atoms with Crippen molar-refractivity contribution in [3.8, 4) is 17.2 Å². The molecule has 1 aliphatic rings. The van der Waals surface area contributed by atoms with E-state index < -0.39 is 11.1 Å². The van der Waals surface area contributed by atoms with Crippen LogP contribution in [0.1, 0.15) is 18.9 Å². The number of benzene rings is 3. The summed E-state index contributed by atoms with van der Waals surface area (Å²) in [7, 11) is 3.12.